The van der Waals surface area contributed by atoms with Gasteiger partial charge >= 0.3 is 0 Å². The summed E-state index contributed by atoms with van der Waals surface area (Å²) in [4.78, 5) is 14.8. The van der Waals surface area contributed by atoms with Crippen LogP contribution in [0.1, 0.15) is 64.9 Å². The van der Waals surface area contributed by atoms with Crippen molar-refractivity contribution in [1.82, 2.24) is 4.90 Å². The molecule has 3 atom stereocenters. The first-order valence-electron chi connectivity index (χ1n) is 9.64. The number of hydrogen-bond donors (Lipinski definition) is 2. The number of nitrogens with two attached hydrogens (primary N) is 1. The number of hydrogen-bond acceptors (Lipinski definition) is 3. The van der Waals surface area contributed by atoms with Crippen molar-refractivity contribution in [3.8, 4) is 0 Å². The number of amides is 1. The van der Waals surface area contributed by atoms with E-state index in [2.05, 4.69) is 20.8 Å². The van der Waals surface area contributed by atoms with Gasteiger partial charge in [0.15, 0.2) is 0 Å². The zero-order valence-corrected chi connectivity index (χ0v) is 16.3. The molecule has 0 aliphatic heterocycles. The molecule has 0 fully saturated rings. The zero-order valence-electron chi connectivity index (χ0n) is 16.3. The average Bonchev–Trinajstić information content (AvgIpc) is 2.59. The molecule has 1 rings (SSSR count). The molecule has 0 saturated heterocycles. The highest BCUT2D eigenvalue weighted by molar-refractivity contribution is 5.83. The number of nitrogens with zero attached hydrogens (tertiary/aromatic N) is 1. The van der Waals surface area contributed by atoms with E-state index in [9.17, 15) is 9.90 Å². The van der Waals surface area contributed by atoms with Gasteiger partial charge in [0, 0.05) is 19.1 Å². The van der Waals surface area contributed by atoms with Gasteiger partial charge in [-0.1, -0.05) is 63.9 Å². The monoisotopic (exact) mass is 348 g/mol. The van der Waals surface area contributed by atoms with Crippen LogP contribution in [0.25, 0.3) is 0 Å². The van der Waals surface area contributed by atoms with E-state index in [-0.39, 0.29) is 17.9 Å². The minimum atomic E-state index is -0.684. The van der Waals surface area contributed by atoms with Gasteiger partial charge in [0.2, 0.25) is 5.91 Å². The Hall–Kier alpha value is -1.39. The molecule has 0 aliphatic rings. The Kier molecular flexibility index (Phi) is 9.76. The predicted molar refractivity (Wildman–Crippen MR) is 104 cm³/mol. The fraction of sp³-hybridized carbons (Fsp3) is 0.667. The van der Waals surface area contributed by atoms with E-state index < -0.39 is 6.10 Å². The Morgan fingerprint density at radius 3 is 2.36 bits per heavy atom. The maximum Gasteiger partial charge on any atom is 0.229 e. The van der Waals surface area contributed by atoms with Gasteiger partial charge in [-0.25, -0.2) is 0 Å². The second kappa shape index (κ2) is 11.3. The van der Waals surface area contributed by atoms with E-state index in [1.807, 2.05) is 37.3 Å². The molecule has 0 spiro atoms. The smallest absolute Gasteiger partial charge is 0.229 e. The first-order valence-corrected chi connectivity index (χ1v) is 9.64. The number of rotatable bonds is 11. The van der Waals surface area contributed by atoms with Gasteiger partial charge in [-0.2, -0.15) is 0 Å². The van der Waals surface area contributed by atoms with Crippen molar-refractivity contribution in [2.75, 3.05) is 13.1 Å². The predicted octanol–water partition coefficient (Wildman–Crippen LogP) is 3.54. The topological polar surface area (TPSA) is 66.6 Å². The highest BCUT2D eigenvalue weighted by Gasteiger charge is 2.26. The number of aliphatic hydroxyl groups excluding tert-OH is 1. The second-order valence-corrected chi connectivity index (χ2v) is 7.48. The molecular weight excluding hydrogens is 312 g/mol. The van der Waals surface area contributed by atoms with Crippen molar-refractivity contribution in [3.63, 3.8) is 0 Å². The summed E-state index contributed by atoms with van der Waals surface area (Å²) < 4.78 is 0. The van der Waals surface area contributed by atoms with Gasteiger partial charge in [0.25, 0.3) is 0 Å². The number of unbranched alkanes of at least 4 members (excludes halogenated alkanes) is 2. The van der Waals surface area contributed by atoms with E-state index in [0.717, 1.165) is 31.2 Å². The van der Waals surface area contributed by atoms with Gasteiger partial charge in [-0.05, 0) is 31.2 Å². The van der Waals surface area contributed by atoms with Crippen molar-refractivity contribution in [2.24, 2.45) is 11.7 Å². The summed E-state index contributed by atoms with van der Waals surface area (Å²) in [7, 11) is 0. The quantitative estimate of drug-likeness (QED) is 0.601. The lowest BCUT2D eigenvalue weighted by Gasteiger charge is -2.30. The van der Waals surface area contributed by atoms with Crippen LogP contribution in [0, 0.1) is 5.92 Å². The lowest BCUT2D eigenvalue weighted by molar-refractivity contribution is -0.134. The molecule has 4 nitrogen and oxygen atoms in total. The molecule has 0 bridgehead atoms. The Labute approximate surface area is 153 Å². The Bertz CT molecular complexity index is 490. The molecule has 4 heteroatoms. The van der Waals surface area contributed by atoms with E-state index >= 15 is 0 Å². The number of carbonyl (C=O) groups excluding carboxylic acids is 1. The molecule has 1 aromatic rings. The molecule has 1 aromatic carbocycles. The van der Waals surface area contributed by atoms with Crippen LogP contribution in [-0.2, 0) is 4.79 Å². The van der Waals surface area contributed by atoms with Gasteiger partial charge in [-0.3, -0.25) is 4.79 Å². The summed E-state index contributed by atoms with van der Waals surface area (Å²) in [5.74, 6) is 0.284. The standard InChI is InChI=1S/C21H36N2O2/c1-5-6-10-13-23(15-20(24)19(22)14-16(2)3)21(25)17(4)18-11-8-7-9-12-18/h7-9,11-12,16-17,19-20,24H,5-6,10,13-15,22H2,1-4H3/t17?,19-,20?/m0/s1. The normalized spacial score (nSPS) is 15.0. The summed E-state index contributed by atoms with van der Waals surface area (Å²) in [6, 6.07) is 9.52. The summed E-state index contributed by atoms with van der Waals surface area (Å²) in [6.45, 7) is 9.25. The van der Waals surface area contributed by atoms with Crippen LogP contribution in [0.15, 0.2) is 30.3 Å². The van der Waals surface area contributed by atoms with E-state index in [1.54, 1.807) is 4.90 Å². The average molecular weight is 349 g/mol. The van der Waals surface area contributed by atoms with Crippen molar-refractivity contribution >= 4 is 5.91 Å². The fourth-order valence-electron chi connectivity index (χ4n) is 3.06. The molecular formula is C21H36N2O2. The Balaban J connectivity index is 2.78. The zero-order chi connectivity index (χ0) is 18.8. The summed E-state index contributed by atoms with van der Waals surface area (Å²) in [5.41, 5.74) is 7.13. The second-order valence-electron chi connectivity index (χ2n) is 7.48. The molecule has 3 N–H and O–H groups in total. The van der Waals surface area contributed by atoms with E-state index in [1.165, 1.54) is 0 Å². The highest BCUT2D eigenvalue weighted by atomic mass is 16.3. The van der Waals surface area contributed by atoms with E-state index in [0.29, 0.717) is 19.0 Å². The molecule has 142 valence electrons. The van der Waals surface area contributed by atoms with Crippen molar-refractivity contribution in [1.29, 1.82) is 0 Å². The van der Waals surface area contributed by atoms with Gasteiger partial charge in [-0.15, -0.1) is 0 Å². The fourth-order valence-corrected chi connectivity index (χ4v) is 3.06. The molecule has 25 heavy (non-hydrogen) atoms. The minimum absolute atomic E-state index is 0.0677. The maximum absolute atomic E-state index is 13.0. The van der Waals surface area contributed by atoms with Crippen LogP contribution in [0.3, 0.4) is 0 Å². The molecule has 0 heterocycles. The molecule has 0 aliphatic carbocycles. The third-order valence-electron chi connectivity index (χ3n) is 4.66. The van der Waals surface area contributed by atoms with Crippen LogP contribution in [-0.4, -0.2) is 41.1 Å². The van der Waals surface area contributed by atoms with Gasteiger partial charge < -0.3 is 15.7 Å². The Morgan fingerprint density at radius 2 is 1.80 bits per heavy atom. The third kappa shape index (κ3) is 7.57. The highest BCUT2D eigenvalue weighted by Crippen LogP contribution is 2.19. The van der Waals surface area contributed by atoms with Crippen LogP contribution >= 0.6 is 0 Å². The first kappa shape index (κ1) is 21.7. The minimum Gasteiger partial charge on any atom is -0.390 e. The summed E-state index contributed by atoms with van der Waals surface area (Å²) in [5, 5.41) is 10.5. The van der Waals surface area contributed by atoms with Gasteiger partial charge in [0.1, 0.15) is 0 Å². The van der Waals surface area contributed by atoms with Crippen molar-refractivity contribution in [3.05, 3.63) is 35.9 Å². The van der Waals surface area contributed by atoms with Crippen LogP contribution in [0.2, 0.25) is 0 Å². The molecule has 0 saturated carbocycles. The van der Waals surface area contributed by atoms with Crippen LogP contribution in [0.5, 0.6) is 0 Å². The summed E-state index contributed by atoms with van der Waals surface area (Å²) in [6.07, 6.45) is 3.21. The molecule has 0 radical (unpaired) electrons. The number of carbonyl (C=O) groups is 1. The number of benzene rings is 1. The van der Waals surface area contributed by atoms with Crippen molar-refractivity contribution < 1.29 is 9.90 Å². The maximum atomic E-state index is 13.0. The SMILES string of the molecule is CCCCCN(CC(O)[C@@H](N)CC(C)C)C(=O)C(C)c1ccccc1. The molecule has 2 unspecified atom stereocenters. The van der Waals surface area contributed by atoms with Gasteiger partial charge in [0.05, 0.1) is 12.0 Å². The lowest BCUT2D eigenvalue weighted by Crippen LogP contribution is -2.47. The largest absolute Gasteiger partial charge is 0.390 e. The van der Waals surface area contributed by atoms with Crippen molar-refractivity contribution in [2.45, 2.75) is 71.4 Å². The van der Waals surface area contributed by atoms with Crippen LogP contribution in [0.4, 0.5) is 0 Å². The number of aliphatic hydroxyl groups is 1. The Morgan fingerprint density at radius 1 is 1.16 bits per heavy atom. The van der Waals surface area contributed by atoms with Crippen LogP contribution < -0.4 is 5.73 Å². The third-order valence-corrected chi connectivity index (χ3v) is 4.66. The van der Waals surface area contributed by atoms with E-state index in [4.69, 9.17) is 5.73 Å². The lowest BCUT2D eigenvalue weighted by atomic mass is 9.97. The summed E-state index contributed by atoms with van der Waals surface area (Å²) >= 11 is 0. The molecule has 0 aromatic heterocycles. The molecule has 1 amide bonds. The first-order chi connectivity index (χ1) is 11.9.